The van der Waals surface area contributed by atoms with Gasteiger partial charge in [0.1, 0.15) is 10.6 Å². The van der Waals surface area contributed by atoms with Crippen LogP contribution in [-0.4, -0.2) is 47.9 Å². The molecule has 0 atom stereocenters. The molecule has 0 radical (unpaired) electrons. The number of nitrogens with one attached hydrogen (secondary N) is 1. The second-order valence-electron chi connectivity index (χ2n) is 4.32. The van der Waals surface area contributed by atoms with E-state index in [1.807, 2.05) is 0 Å². The van der Waals surface area contributed by atoms with Crippen LogP contribution in [0.4, 0.5) is 5.69 Å². The van der Waals surface area contributed by atoms with E-state index in [0.29, 0.717) is 0 Å². The normalized spacial score (nSPS) is 15.2. The molecule has 10 heteroatoms. The number of benzene rings is 1. The highest BCUT2D eigenvalue weighted by Crippen LogP contribution is 2.26. The second-order valence-corrected chi connectivity index (χ2v) is 6.12. The van der Waals surface area contributed by atoms with Gasteiger partial charge in [0.25, 0.3) is 21.9 Å². The Morgan fingerprint density at radius 1 is 1.27 bits per heavy atom. The van der Waals surface area contributed by atoms with Gasteiger partial charge in [0.15, 0.2) is 0 Å². The number of hydrogen-bond acceptors (Lipinski definition) is 6. The molecule has 1 aliphatic heterocycles. The van der Waals surface area contributed by atoms with Crippen molar-refractivity contribution < 1.29 is 27.7 Å². The molecule has 0 saturated heterocycles. The fraction of sp³-hybridized carbons (Fsp3) is 0.167. The molecule has 1 aliphatic rings. The Hall–Kier alpha value is -1.94. The lowest BCUT2D eigenvalue weighted by Crippen LogP contribution is -2.34. The summed E-state index contributed by atoms with van der Waals surface area (Å²) in [4.78, 5) is 23.8. The fourth-order valence-electron chi connectivity index (χ4n) is 1.84. The minimum atomic E-state index is -4.52. The average molecular weight is 347 g/mol. The Balaban J connectivity index is 2.28. The smallest absolute Gasteiger partial charge is 0.296 e. The number of anilines is 1. The third-order valence-electron chi connectivity index (χ3n) is 2.82. The van der Waals surface area contributed by atoms with Crippen molar-refractivity contribution in [2.75, 3.05) is 18.5 Å². The molecule has 2 rings (SSSR count). The Labute approximate surface area is 130 Å². The summed E-state index contributed by atoms with van der Waals surface area (Å²) >= 11 is 5.68. The molecule has 2 amide bonds. The van der Waals surface area contributed by atoms with Gasteiger partial charge in [-0.15, -0.1) is 0 Å². The molecule has 1 aromatic carbocycles. The van der Waals surface area contributed by atoms with Crippen LogP contribution < -0.4 is 5.32 Å². The molecular formula is C12H11ClN2O6S. The molecule has 0 fully saturated rings. The Kier molecular flexibility index (Phi) is 4.52. The number of β-amino-alcohol motifs (C(OH)–C–C–N with tert-alkyl or cyclic N) is 1. The summed E-state index contributed by atoms with van der Waals surface area (Å²) < 4.78 is 31.4. The predicted molar refractivity (Wildman–Crippen MR) is 76.8 cm³/mol. The van der Waals surface area contributed by atoms with E-state index in [4.69, 9.17) is 21.3 Å². The number of aliphatic hydroxyl groups excluding tert-OH is 1. The summed E-state index contributed by atoms with van der Waals surface area (Å²) in [5, 5.41) is 11.2. The first-order chi connectivity index (χ1) is 10.2. The van der Waals surface area contributed by atoms with Crippen LogP contribution in [0.1, 0.15) is 0 Å². The number of imide groups is 1. The van der Waals surface area contributed by atoms with E-state index in [1.165, 1.54) is 12.1 Å². The molecular weight excluding hydrogens is 336 g/mol. The van der Waals surface area contributed by atoms with E-state index in [2.05, 4.69) is 5.32 Å². The topological polar surface area (TPSA) is 124 Å². The van der Waals surface area contributed by atoms with E-state index >= 15 is 0 Å². The Bertz CT molecular complexity index is 774. The Morgan fingerprint density at radius 3 is 2.55 bits per heavy atom. The van der Waals surface area contributed by atoms with Crippen molar-refractivity contribution in [3.05, 3.63) is 35.0 Å². The number of hydrogen-bond donors (Lipinski definition) is 3. The van der Waals surface area contributed by atoms with Gasteiger partial charge in [-0.05, 0) is 18.2 Å². The van der Waals surface area contributed by atoms with Crippen LogP contribution in [0, 0.1) is 0 Å². The van der Waals surface area contributed by atoms with Crippen molar-refractivity contribution in [1.29, 1.82) is 0 Å². The maximum Gasteiger partial charge on any atom is 0.296 e. The standard InChI is InChI=1S/C12H11ClN2O6S/c13-8-2-1-7(5-10(8)22(19,20)21)14-9-6-11(17)15(3-4-16)12(9)18/h1-2,5-6,14,16H,3-4H2,(H,19,20,21). The van der Waals surface area contributed by atoms with E-state index in [-0.39, 0.29) is 29.6 Å². The van der Waals surface area contributed by atoms with Crippen LogP contribution in [0.2, 0.25) is 5.02 Å². The number of halogens is 1. The van der Waals surface area contributed by atoms with Crippen LogP contribution in [-0.2, 0) is 19.7 Å². The predicted octanol–water partition coefficient (Wildman–Crippen LogP) is 0.244. The Morgan fingerprint density at radius 2 is 1.95 bits per heavy atom. The zero-order valence-corrected chi connectivity index (χ0v) is 12.6. The number of carbonyl (C=O) groups excluding carboxylic acids is 2. The molecule has 8 nitrogen and oxygen atoms in total. The highest BCUT2D eigenvalue weighted by atomic mass is 35.5. The number of nitrogens with zero attached hydrogens (tertiary/aromatic N) is 1. The summed E-state index contributed by atoms with van der Waals surface area (Å²) in [6.45, 7) is -0.511. The van der Waals surface area contributed by atoms with Gasteiger partial charge in [-0.1, -0.05) is 11.6 Å². The molecule has 118 valence electrons. The van der Waals surface area contributed by atoms with Gasteiger partial charge in [0.2, 0.25) is 0 Å². The molecule has 0 unspecified atom stereocenters. The first-order valence-corrected chi connectivity index (χ1v) is 7.78. The molecule has 0 spiro atoms. The summed E-state index contributed by atoms with van der Waals surface area (Å²) in [5.41, 5.74) is 0.0670. The molecule has 1 heterocycles. The average Bonchev–Trinajstić information content (AvgIpc) is 2.68. The van der Waals surface area contributed by atoms with Gasteiger partial charge < -0.3 is 10.4 Å². The molecule has 1 aromatic rings. The first-order valence-electron chi connectivity index (χ1n) is 5.96. The van der Waals surface area contributed by atoms with Crippen molar-refractivity contribution in [3.8, 4) is 0 Å². The van der Waals surface area contributed by atoms with Crippen LogP contribution in [0.25, 0.3) is 0 Å². The molecule has 0 aromatic heterocycles. The summed E-state index contributed by atoms with van der Waals surface area (Å²) in [5.74, 6) is -1.24. The van der Waals surface area contributed by atoms with Crippen molar-refractivity contribution >= 4 is 39.2 Å². The molecule has 0 saturated carbocycles. The van der Waals surface area contributed by atoms with Crippen molar-refractivity contribution in [2.24, 2.45) is 0 Å². The SMILES string of the molecule is O=C1C=C(Nc2ccc(Cl)c(S(=O)(=O)O)c2)C(=O)N1CCO. The minimum Gasteiger partial charge on any atom is -0.395 e. The zero-order valence-electron chi connectivity index (χ0n) is 11.0. The summed E-state index contributed by atoms with van der Waals surface area (Å²) in [6, 6.07) is 3.63. The van der Waals surface area contributed by atoms with Crippen molar-refractivity contribution in [1.82, 2.24) is 4.90 Å². The third kappa shape index (κ3) is 3.28. The molecule has 3 N–H and O–H groups in total. The van der Waals surface area contributed by atoms with E-state index < -0.39 is 26.8 Å². The van der Waals surface area contributed by atoms with Crippen LogP contribution in [0.3, 0.4) is 0 Å². The highest BCUT2D eigenvalue weighted by Gasteiger charge is 2.30. The maximum atomic E-state index is 11.9. The summed E-state index contributed by atoms with van der Waals surface area (Å²) in [7, 11) is -4.52. The molecule has 0 bridgehead atoms. The van der Waals surface area contributed by atoms with Gasteiger partial charge in [-0.2, -0.15) is 8.42 Å². The number of amides is 2. The quantitative estimate of drug-likeness (QED) is 0.515. The van der Waals surface area contributed by atoms with E-state index in [9.17, 15) is 18.0 Å². The van der Waals surface area contributed by atoms with Gasteiger partial charge in [-0.3, -0.25) is 19.0 Å². The number of aliphatic hydroxyl groups is 1. The van der Waals surface area contributed by atoms with E-state index in [0.717, 1.165) is 17.0 Å². The van der Waals surface area contributed by atoms with Gasteiger partial charge in [0, 0.05) is 11.8 Å². The van der Waals surface area contributed by atoms with Gasteiger partial charge >= 0.3 is 0 Å². The molecule has 0 aliphatic carbocycles. The zero-order chi connectivity index (χ0) is 16.5. The molecule has 22 heavy (non-hydrogen) atoms. The van der Waals surface area contributed by atoms with Crippen LogP contribution in [0.5, 0.6) is 0 Å². The highest BCUT2D eigenvalue weighted by molar-refractivity contribution is 7.86. The number of rotatable bonds is 5. The van der Waals surface area contributed by atoms with Gasteiger partial charge in [-0.25, -0.2) is 0 Å². The maximum absolute atomic E-state index is 11.9. The van der Waals surface area contributed by atoms with Crippen LogP contribution in [0.15, 0.2) is 34.9 Å². The minimum absolute atomic E-state index is 0.0814. The lowest BCUT2D eigenvalue weighted by atomic mass is 10.3. The summed E-state index contributed by atoms with van der Waals surface area (Å²) in [6.07, 6.45) is 1.03. The monoisotopic (exact) mass is 346 g/mol. The van der Waals surface area contributed by atoms with Gasteiger partial charge in [0.05, 0.1) is 18.2 Å². The fourth-order valence-corrected chi connectivity index (χ4v) is 2.84. The lowest BCUT2D eigenvalue weighted by molar-refractivity contribution is -0.137. The van der Waals surface area contributed by atoms with Crippen LogP contribution >= 0.6 is 11.6 Å². The largest absolute Gasteiger partial charge is 0.395 e. The van der Waals surface area contributed by atoms with Crippen molar-refractivity contribution in [3.63, 3.8) is 0 Å². The lowest BCUT2D eigenvalue weighted by Gasteiger charge is -2.13. The van der Waals surface area contributed by atoms with E-state index in [1.54, 1.807) is 0 Å². The van der Waals surface area contributed by atoms with Crippen molar-refractivity contribution in [2.45, 2.75) is 4.90 Å². The first kappa shape index (κ1) is 16.4. The number of carbonyl (C=O) groups is 2. The second kappa shape index (κ2) is 6.05. The third-order valence-corrected chi connectivity index (χ3v) is 4.16.